The number of nitrogens with zero attached hydrogens (tertiary/aromatic N) is 4. The van der Waals surface area contributed by atoms with Gasteiger partial charge in [-0.15, -0.1) is 0 Å². The first kappa shape index (κ1) is 18.8. The minimum absolute atomic E-state index is 0.0989. The molecule has 1 aliphatic rings. The molecule has 150 valence electrons. The topological polar surface area (TPSA) is 106 Å². The first-order chi connectivity index (χ1) is 13.9. The van der Waals surface area contributed by atoms with Gasteiger partial charge in [0, 0.05) is 12.6 Å². The Bertz CT molecular complexity index is 1090. The van der Waals surface area contributed by atoms with Crippen LogP contribution in [0.2, 0.25) is 0 Å². The highest BCUT2D eigenvalue weighted by Gasteiger charge is 2.34. The van der Waals surface area contributed by atoms with Gasteiger partial charge in [0.15, 0.2) is 5.65 Å². The van der Waals surface area contributed by atoms with E-state index in [0.29, 0.717) is 11.4 Å². The lowest BCUT2D eigenvalue weighted by molar-refractivity contribution is -0.117. The standard InChI is InChI=1S/C19H18F2N6O2/c20-12-3-1-2-11(6-12)15-7-13(21)10-26(15)17-4-5-27-18(25-17)14(8-24-27)19(29)23-9-16(22)28/h1-6,8,13,15H,7,9-10H2,(H2,22,28)(H,23,29). The molecule has 0 spiro atoms. The first-order valence-corrected chi connectivity index (χ1v) is 8.99. The molecule has 0 bridgehead atoms. The van der Waals surface area contributed by atoms with Crippen LogP contribution in [0.15, 0.2) is 42.7 Å². The molecule has 0 aliphatic carbocycles. The molecule has 4 rings (SSSR count). The number of nitrogens with one attached hydrogen (secondary N) is 1. The molecule has 29 heavy (non-hydrogen) atoms. The van der Waals surface area contributed by atoms with Crippen molar-refractivity contribution >= 4 is 23.3 Å². The molecule has 2 amide bonds. The van der Waals surface area contributed by atoms with Gasteiger partial charge in [-0.2, -0.15) is 5.10 Å². The second-order valence-corrected chi connectivity index (χ2v) is 6.82. The van der Waals surface area contributed by atoms with E-state index in [1.165, 1.54) is 22.8 Å². The van der Waals surface area contributed by atoms with E-state index in [-0.39, 0.29) is 36.8 Å². The lowest BCUT2D eigenvalue weighted by atomic mass is 10.0. The summed E-state index contributed by atoms with van der Waals surface area (Å²) in [6.07, 6.45) is 2.05. The molecule has 2 unspecified atom stereocenters. The van der Waals surface area contributed by atoms with Gasteiger partial charge in [-0.25, -0.2) is 18.3 Å². The van der Waals surface area contributed by atoms with Crippen LogP contribution in [0.3, 0.4) is 0 Å². The fourth-order valence-electron chi connectivity index (χ4n) is 3.51. The summed E-state index contributed by atoms with van der Waals surface area (Å²) in [4.78, 5) is 29.4. The Kier molecular flexibility index (Phi) is 4.83. The molecule has 1 aromatic carbocycles. The van der Waals surface area contributed by atoms with Crippen LogP contribution in [-0.4, -0.2) is 45.7 Å². The summed E-state index contributed by atoms with van der Waals surface area (Å²) in [5.74, 6) is -1.17. The van der Waals surface area contributed by atoms with E-state index in [2.05, 4.69) is 15.4 Å². The third-order valence-corrected chi connectivity index (χ3v) is 4.80. The van der Waals surface area contributed by atoms with Gasteiger partial charge in [-0.3, -0.25) is 9.59 Å². The Morgan fingerprint density at radius 2 is 2.14 bits per heavy atom. The molecule has 1 aliphatic heterocycles. The van der Waals surface area contributed by atoms with E-state index in [0.717, 1.165) is 0 Å². The average Bonchev–Trinajstić information content (AvgIpc) is 3.29. The predicted octanol–water partition coefficient (Wildman–Crippen LogP) is 1.37. The SMILES string of the molecule is NC(=O)CNC(=O)c1cnn2ccc(N3CC(F)CC3c3cccc(F)c3)nc12. The van der Waals surface area contributed by atoms with Crippen LogP contribution in [0.25, 0.3) is 5.65 Å². The molecule has 3 heterocycles. The summed E-state index contributed by atoms with van der Waals surface area (Å²) < 4.78 is 29.3. The number of alkyl halides is 1. The summed E-state index contributed by atoms with van der Waals surface area (Å²) in [5, 5.41) is 6.46. The number of rotatable bonds is 5. The van der Waals surface area contributed by atoms with E-state index >= 15 is 0 Å². The van der Waals surface area contributed by atoms with Gasteiger partial charge >= 0.3 is 0 Å². The number of aromatic nitrogens is 3. The van der Waals surface area contributed by atoms with E-state index in [4.69, 9.17) is 5.73 Å². The zero-order chi connectivity index (χ0) is 20.5. The number of amides is 2. The summed E-state index contributed by atoms with van der Waals surface area (Å²) >= 11 is 0. The summed E-state index contributed by atoms with van der Waals surface area (Å²) in [6.45, 7) is -0.213. The van der Waals surface area contributed by atoms with Crippen molar-refractivity contribution in [2.45, 2.75) is 18.6 Å². The van der Waals surface area contributed by atoms with Crippen LogP contribution in [0.5, 0.6) is 0 Å². The number of hydrogen-bond acceptors (Lipinski definition) is 5. The van der Waals surface area contributed by atoms with Crippen LogP contribution in [-0.2, 0) is 4.79 Å². The smallest absolute Gasteiger partial charge is 0.257 e. The van der Waals surface area contributed by atoms with Crippen molar-refractivity contribution < 1.29 is 18.4 Å². The van der Waals surface area contributed by atoms with Gasteiger partial charge in [0.1, 0.15) is 23.4 Å². The largest absolute Gasteiger partial charge is 0.368 e. The number of primary amides is 1. The van der Waals surface area contributed by atoms with Crippen molar-refractivity contribution in [1.29, 1.82) is 0 Å². The van der Waals surface area contributed by atoms with Crippen molar-refractivity contribution in [2.24, 2.45) is 5.73 Å². The number of carbonyl (C=O) groups excluding carboxylic acids is 2. The van der Waals surface area contributed by atoms with Crippen LogP contribution < -0.4 is 16.0 Å². The molecule has 3 aromatic rings. The van der Waals surface area contributed by atoms with Gasteiger partial charge < -0.3 is 16.0 Å². The Hall–Kier alpha value is -3.56. The normalized spacial score (nSPS) is 18.9. The molecule has 8 nitrogen and oxygen atoms in total. The van der Waals surface area contributed by atoms with Crippen LogP contribution in [0.1, 0.15) is 28.4 Å². The maximum absolute atomic E-state index is 14.2. The number of nitrogens with two attached hydrogens (primary N) is 1. The van der Waals surface area contributed by atoms with Crippen LogP contribution >= 0.6 is 0 Å². The monoisotopic (exact) mass is 400 g/mol. The Balaban J connectivity index is 1.68. The number of halogens is 2. The Morgan fingerprint density at radius 3 is 2.90 bits per heavy atom. The van der Waals surface area contributed by atoms with Crippen molar-refractivity contribution in [3.63, 3.8) is 0 Å². The highest BCUT2D eigenvalue weighted by Crippen LogP contribution is 2.37. The van der Waals surface area contributed by atoms with Crippen molar-refractivity contribution in [3.8, 4) is 0 Å². The molecule has 2 aromatic heterocycles. The first-order valence-electron chi connectivity index (χ1n) is 8.99. The Morgan fingerprint density at radius 1 is 1.31 bits per heavy atom. The van der Waals surface area contributed by atoms with E-state index in [1.807, 2.05) is 0 Å². The minimum Gasteiger partial charge on any atom is -0.368 e. The van der Waals surface area contributed by atoms with Gasteiger partial charge in [0.05, 0.1) is 25.3 Å². The zero-order valence-electron chi connectivity index (χ0n) is 15.3. The number of benzene rings is 1. The second kappa shape index (κ2) is 7.46. The van der Waals surface area contributed by atoms with Gasteiger partial charge in [-0.1, -0.05) is 12.1 Å². The molecule has 0 saturated carbocycles. The number of carbonyl (C=O) groups is 2. The van der Waals surface area contributed by atoms with Crippen LogP contribution in [0, 0.1) is 5.82 Å². The molecule has 2 atom stereocenters. The van der Waals surface area contributed by atoms with Crippen molar-refractivity contribution in [2.75, 3.05) is 18.0 Å². The molecule has 3 N–H and O–H groups in total. The predicted molar refractivity (Wildman–Crippen MR) is 101 cm³/mol. The molecular weight excluding hydrogens is 382 g/mol. The van der Waals surface area contributed by atoms with Crippen molar-refractivity contribution in [1.82, 2.24) is 19.9 Å². The highest BCUT2D eigenvalue weighted by atomic mass is 19.1. The summed E-state index contributed by atoms with van der Waals surface area (Å²) in [6, 6.07) is 7.34. The summed E-state index contributed by atoms with van der Waals surface area (Å²) in [7, 11) is 0. The minimum atomic E-state index is -1.09. The molecule has 0 radical (unpaired) electrons. The van der Waals surface area contributed by atoms with Gasteiger partial charge in [-0.05, 0) is 23.8 Å². The average molecular weight is 400 g/mol. The zero-order valence-corrected chi connectivity index (χ0v) is 15.3. The third-order valence-electron chi connectivity index (χ3n) is 4.80. The number of hydrogen-bond donors (Lipinski definition) is 2. The number of anilines is 1. The van der Waals surface area contributed by atoms with E-state index in [1.54, 1.807) is 29.3 Å². The van der Waals surface area contributed by atoms with Gasteiger partial charge in [0.25, 0.3) is 5.91 Å². The lowest BCUT2D eigenvalue weighted by Gasteiger charge is -2.25. The summed E-state index contributed by atoms with van der Waals surface area (Å²) in [5.41, 5.74) is 6.11. The van der Waals surface area contributed by atoms with E-state index in [9.17, 15) is 18.4 Å². The lowest BCUT2D eigenvalue weighted by Crippen LogP contribution is -2.33. The fourth-order valence-corrected chi connectivity index (χ4v) is 3.51. The second-order valence-electron chi connectivity index (χ2n) is 6.82. The van der Waals surface area contributed by atoms with E-state index < -0.39 is 23.8 Å². The molecule has 1 saturated heterocycles. The fraction of sp³-hybridized carbons (Fsp3) is 0.263. The van der Waals surface area contributed by atoms with Gasteiger partial charge in [0.2, 0.25) is 5.91 Å². The molecule has 1 fully saturated rings. The number of fused-ring (bicyclic) bond motifs is 1. The molecule has 10 heteroatoms. The maximum Gasteiger partial charge on any atom is 0.257 e. The highest BCUT2D eigenvalue weighted by molar-refractivity contribution is 6.01. The quantitative estimate of drug-likeness (QED) is 0.673. The maximum atomic E-state index is 14.2. The van der Waals surface area contributed by atoms with Crippen LogP contribution in [0.4, 0.5) is 14.6 Å². The van der Waals surface area contributed by atoms with Crippen molar-refractivity contribution in [3.05, 3.63) is 59.7 Å². The molecular formula is C19H18F2N6O2. The third kappa shape index (κ3) is 3.73. The Labute approximate surface area is 164 Å².